The van der Waals surface area contributed by atoms with E-state index in [0.717, 1.165) is 0 Å². The molecule has 0 aliphatic carbocycles. The summed E-state index contributed by atoms with van der Waals surface area (Å²) in [5.74, 6) is -0.363. The van der Waals surface area contributed by atoms with Gasteiger partial charge in [0, 0.05) is 17.6 Å². The molecule has 0 radical (unpaired) electrons. The number of carbonyl (C=O) groups is 1. The average molecular weight is 272 g/mol. The van der Waals surface area contributed by atoms with E-state index in [-0.39, 0.29) is 24.5 Å². The van der Waals surface area contributed by atoms with E-state index in [4.69, 9.17) is 5.11 Å². The molecule has 0 aliphatic rings. The van der Waals surface area contributed by atoms with E-state index >= 15 is 0 Å². The van der Waals surface area contributed by atoms with E-state index in [0.29, 0.717) is 10.6 Å². The van der Waals surface area contributed by atoms with Gasteiger partial charge in [0.15, 0.2) is 0 Å². The van der Waals surface area contributed by atoms with Gasteiger partial charge in [0.1, 0.15) is 5.82 Å². The van der Waals surface area contributed by atoms with E-state index in [1.54, 1.807) is 32.4 Å². The minimum atomic E-state index is -0.382. The standard InChI is InChI=1S/C12H17FN2O2S/c1-8(7-16)15(2)12(17)14-9-4-5-11(18-3)10(13)6-9/h4-6,8,16H,7H2,1-3H3,(H,14,17). The first-order valence-corrected chi connectivity index (χ1v) is 6.70. The Morgan fingerprint density at radius 1 is 1.61 bits per heavy atom. The lowest BCUT2D eigenvalue weighted by atomic mass is 10.3. The molecule has 1 unspecified atom stereocenters. The largest absolute Gasteiger partial charge is 0.394 e. The molecule has 1 atom stereocenters. The number of nitrogens with one attached hydrogen (secondary N) is 1. The van der Waals surface area contributed by atoms with Gasteiger partial charge < -0.3 is 15.3 Å². The van der Waals surface area contributed by atoms with Gasteiger partial charge in [-0.15, -0.1) is 11.8 Å². The number of likely N-dealkylation sites (N-methyl/N-ethyl adjacent to an activating group) is 1. The molecule has 0 heterocycles. The van der Waals surface area contributed by atoms with E-state index < -0.39 is 0 Å². The molecule has 1 aromatic carbocycles. The van der Waals surface area contributed by atoms with Crippen molar-refractivity contribution in [2.24, 2.45) is 0 Å². The van der Waals surface area contributed by atoms with Crippen molar-refractivity contribution in [1.82, 2.24) is 4.90 Å². The van der Waals surface area contributed by atoms with Gasteiger partial charge in [-0.05, 0) is 31.4 Å². The topological polar surface area (TPSA) is 52.6 Å². The highest BCUT2D eigenvalue weighted by molar-refractivity contribution is 7.98. The molecule has 0 bridgehead atoms. The van der Waals surface area contributed by atoms with Crippen LogP contribution in [0.2, 0.25) is 0 Å². The third kappa shape index (κ3) is 3.61. The third-order valence-corrected chi connectivity index (χ3v) is 3.42. The fraction of sp³-hybridized carbons (Fsp3) is 0.417. The van der Waals surface area contributed by atoms with Crippen molar-refractivity contribution in [2.45, 2.75) is 17.9 Å². The summed E-state index contributed by atoms with van der Waals surface area (Å²) in [5, 5.41) is 11.5. The van der Waals surface area contributed by atoms with E-state index in [9.17, 15) is 9.18 Å². The Balaban J connectivity index is 2.73. The van der Waals surface area contributed by atoms with Crippen LogP contribution in [0.4, 0.5) is 14.9 Å². The number of amides is 2. The Labute approximate surface area is 110 Å². The second-order valence-electron chi connectivity index (χ2n) is 3.92. The van der Waals surface area contributed by atoms with Crippen LogP contribution in [0.1, 0.15) is 6.92 Å². The summed E-state index contributed by atoms with van der Waals surface area (Å²) < 4.78 is 13.5. The van der Waals surface area contributed by atoms with Gasteiger partial charge in [-0.25, -0.2) is 9.18 Å². The molecule has 0 spiro atoms. The van der Waals surface area contributed by atoms with Gasteiger partial charge in [0.25, 0.3) is 0 Å². The van der Waals surface area contributed by atoms with Crippen molar-refractivity contribution >= 4 is 23.5 Å². The van der Waals surface area contributed by atoms with E-state index in [1.165, 1.54) is 22.7 Å². The smallest absolute Gasteiger partial charge is 0.321 e. The lowest BCUT2D eigenvalue weighted by Gasteiger charge is -2.23. The number of aliphatic hydroxyl groups is 1. The van der Waals surface area contributed by atoms with Crippen LogP contribution in [-0.2, 0) is 0 Å². The molecule has 2 N–H and O–H groups in total. The Hall–Kier alpha value is -1.27. The summed E-state index contributed by atoms with van der Waals surface area (Å²) in [6, 6.07) is 3.87. The van der Waals surface area contributed by atoms with Gasteiger partial charge in [-0.2, -0.15) is 0 Å². The number of hydrogen-bond acceptors (Lipinski definition) is 3. The van der Waals surface area contributed by atoms with Gasteiger partial charge in [0.05, 0.1) is 12.6 Å². The Morgan fingerprint density at radius 2 is 2.28 bits per heavy atom. The van der Waals surface area contributed by atoms with Crippen LogP contribution in [0.25, 0.3) is 0 Å². The molecular formula is C12H17FN2O2S. The summed E-state index contributed by atoms with van der Waals surface area (Å²) in [5.41, 5.74) is 0.396. The van der Waals surface area contributed by atoms with Crippen molar-refractivity contribution in [3.63, 3.8) is 0 Å². The number of anilines is 1. The number of carbonyl (C=O) groups excluding carboxylic acids is 1. The minimum Gasteiger partial charge on any atom is -0.394 e. The summed E-state index contributed by atoms with van der Waals surface area (Å²) in [6.45, 7) is 1.60. The van der Waals surface area contributed by atoms with E-state index in [1.807, 2.05) is 0 Å². The molecule has 0 saturated heterocycles. The van der Waals surface area contributed by atoms with Gasteiger partial charge in [0.2, 0.25) is 0 Å². The van der Waals surface area contributed by atoms with Crippen LogP contribution in [0.3, 0.4) is 0 Å². The van der Waals surface area contributed by atoms with Crippen molar-refractivity contribution in [3.8, 4) is 0 Å². The highest BCUT2D eigenvalue weighted by atomic mass is 32.2. The zero-order valence-corrected chi connectivity index (χ0v) is 11.4. The summed E-state index contributed by atoms with van der Waals surface area (Å²) in [4.78, 5) is 13.6. The quantitative estimate of drug-likeness (QED) is 0.828. The molecular weight excluding hydrogens is 255 g/mol. The molecule has 0 aliphatic heterocycles. The number of aliphatic hydroxyl groups excluding tert-OH is 1. The number of thioether (sulfide) groups is 1. The van der Waals surface area contributed by atoms with Crippen molar-refractivity contribution in [2.75, 3.05) is 25.2 Å². The third-order valence-electron chi connectivity index (χ3n) is 2.65. The average Bonchev–Trinajstić information content (AvgIpc) is 2.37. The SMILES string of the molecule is CSc1ccc(NC(=O)N(C)C(C)CO)cc1F. The fourth-order valence-electron chi connectivity index (χ4n) is 1.28. The molecule has 100 valence electrons. The lowest BCUT2D eigenvalue weighted by molar-refractivity contribution is 0.166. The molecule has 0 saturated carbocycles. The predicted octanol–water partition coefficient (Wildman–Crippen LogP) is 2.39. The Kier molecular flexibility index (Phi) is 5.43. The number of rotatable bonds is 4. The Bertz CT molecular complexity index is 429. The predicted molar refractivity (Wildman–Crippen MR) is 71.5 cm³/mol. The molecule has 0 fully saturated rings. The summed E-state index contributed by atoms with van der Waals surface area (Å²) >= 11 is 1.31. The minimum absolute atomic E-state index is 0.121. The van der Waals surface area contributed by atoms with Crippen LogP contribution in [0, 0.1) is 5.82 Å². The highest BCUT2D eigenvalue weighted by Crippen LogP contribution is 2.22. The molecule has 18 heavy (non-hydrogen) atoms. The van der Waals surface area contributed by atoms with Crippen molar-refractivity contribution in [1.29, 1.82) is 0 Å². The summed E-state index contributed by atoms with van der Waals surface area (Å²) in [7, 11) is 1.57. The second-order valence-corrected chi connectivity index (χ2v) is 4.77. The molecule has 2 amide bonds. The zero-order valence-electron chi connectivity index (χ0n) is 10.6. The molecule has 0 aromatic heterocycles. The van der Waals surface area contributed by atoms with Crippen LogP contribution in [-0.4, -0.2) is 42.0 Å². The summed E-state index contributed by atoms with van der Waals surface area (Å²) in [6.07, 6.45) is 1.79. The number of halogens is 1. The maximum absolute atomic E-state index is 13.5. The first kappa shape index (κ1) is 14.8. The highest BCUT2D eigenvalue weighted by Gasteiger charge is 2.15. The van der Waals surface area contributed by atoms with Crippen LogP contribution in [0.5, 0.6) is 0 Å². The number of benzene rings is 1. The molecule has 4 nitrogen and oxygen atoms in total. The fourth-order valence-corrected chi connectivity index (χ4v) is 1.74. The maximum Gasteiger partial charge on any atom is 0.321 e. The van der Waals surface area contributed by atoms with Crippen molar-refractivity contribution < 1.29 is 14.3 Å². The monoisotopic (exact) mass is 272 g/mol. The molecule has 1 rings (SSSR count). The number of nitrogens with zero attached hydrogens (tertiary/aromatic N) is 1. The normalized spacial score (nSPS) is 12.1. The lowest BCUT2D eigenvalue weighted by Crippen LogP contribution is -2.40. The number of urea groups is 1. The van der Waals surface area contributed by atoms with Crippen LogP contribution >= 0.6 is 11.8 Å². The van der Waals surface area contributed by atoms with Crippen LogP contribution in [0.15, 0.2) is 23.1 Å². The zero-order chi connectivity index (χ0) is 13.7. The van der Waals surface area contributed by atoms with Gasteiger partial charge in [-0.1, -0.05) is 0 Å². The molecule has 6 heteroatoms. The second kappa shape index (κ2) is 6.61. The van der Waals surface area contributed by atoms with Gasteiger partial charge >= 0.3 is 6.03 Å². The number of hydrogen-bond donors (Lipinski definition) is 2. The van der Waals surface area contributed by atoms with E-state index in [2.05, 4.69) is 5.32 Å². The maximum atomic E-state index is 13.5. The van der Waals surface area contributed by atoms with Gasteiger partial charge in [-0.3, -0.25) is 0 Å². The van der Waals surface area contributed by atoms with Crippen LogP contribution < -0.4 is 5.32 Å². The first-order chi connectivity index (χ1) is 8.49. The first-order valence-electron chi connectivity index (χ1n) is 5.47. The molecule has 1 aromatic rings. The van der Waals surface area contributed by atoms with Crippen molar-refractivity contribution in [3.05, 3.63) is 24.0 Å². The Morgan fingerprint density at radius 3 is 2.78 bits per heavy atom.